The van der Waals surface area contributed by atoms with Gasteiger partial charge in [0.2, 0.25) is 0 Å². The van der Waals surface area contributed by atoms with Crippen LogP contribution in [0.4, 0.5) is 0 Å². The number of hydrogen-bond acceptors (Lipinski definition) is 5. The summed E-state index contributed by atoms with van der Waals surface area (Å²) in [6, 6.07) is 0. The van der Waals surface area contributed by atoms with Crippen LogP contribution in [0.1, 0.15) is 13.8 Å². The van der Waals surface area contributed by atoms with Crippen LogP contribution in [-0.4, -0.2) is 48.0 Å². The van der Waals surface area contributed by atoms with Crippen LogP contribution >= 0.6 is 0 Å². The van der Waals surface area contributed by atoms with Gasteiger partial charge in [-0.15, -0.1) is 0 Å². The van der Waals surface area contributed by atoms with Crippen LogP contribution in [0.15, 0.2) is 10.1 Å². The van der Waals surface area contributed by atoms with E-state index in [1.165, 1.54) is 0 Å². The lowest BCUT2D eigenvalue weighted by molar-refractivity contribution is 0.293. The molecule has 0 atom stereocenters. The first-order valence-electron chi connectivity index (χ1n) is 4.24. The minimum Gasteiger partial charge on any atom is -0.411 e. The number of nitrogens with zero attached hydrogens (tertiary/aromatic N) is 2. The highest BCUT2D eigenvalue weighted by molar-refractivity contribution is 6.40. The molecule has 0 unspecified atom stereocenters. The van der Waals surface area contributed by atoms with Crippen molar-refractivity contribution < 1.29 is 10.3 Å². The Morgan fingerprint density at radius 1 is 1.23 bits per heavy atom. The smallest absolute Gasteiger partial charge is 0.0971 e. The Kier molecular flexibility index (Phi) is 7.14. The molecule has 0 aliphatic carbocycles. The van der Waals surface area contributed by atoms with E-state index in [2.05, 4.69) is 15.5 Å². The van der Waals surface area contributed by atoms with Gasteiger partial charge in [0.25, 0.3) is 0 Å². The van der Waals surface area contributed by atoms with Crippen LogP contribution in [-0.2, 0) is 0 Å². The summed E-state index contributed by atoms with van der Waals surface area (Å²) in [5, 5.41) is 22.9. The second-order valence-corrected chi connectivity index (χ2v) is 2.63. The van der Waals surface area contributed by atoms with Gasteiger partial charge in [0.15, 0.2) is 0 Å². The van der Waals surface area contributed by atoms with Gasteiger partial charge in [0, 0.05) is 13.1 Å². The van der Waals surface area contributed by atoms with Crippen LogP contribution < -0.4 is 5.32 Å². The van der Waals surface area contributed by atoms with Crippen molar-refractivity contribution in [2.75, 3.05) is 26.2 Å². The maximum atomic E-state index is 8.45. The third-order valence-electron chi connectivity index (χ3n) is 1.60. The first kappa shape index (κ1) is 12.1. The molecule has 0 aromatic carbocycles. The van der Waals surface area contributed by atoms with Crippen molar-refractivity contribution in [3.05, 3.63) is 0 Å². The van der Waals surface area contributed by atoms with E-state index in [-0.39, 0.29) is 6.61 Å². The van der Waals surface area contributed by atoms with E-state index in [1.54, 1.807) is 13.8 Å². The summed E-state index contributed by atoms with van der Waals surface area (Å²) in [6.07, 6.45) is 0. The molecule has 0 fully saturated rings. The fourth-order valence-electron chi connectivity index (χ4n) is 0.693. The minimum atomic E-state index is 0.139. The highest BCUT2D eigenvalue weighted by Crippen LogP contribution is 1.82. The first-order chi connectivity index (χ1) is 6.22. The van der Waals surface area contributed by atoms with Crippen molar-refractivity contribution in [1.29, 1.82) is 0 Å². The summed E-state index contributed by atoms with van der Waals surface area (Å²) in [4.78, 5) is 4.15. The molecule has 0 saturated carbocycles. The number of rotatable bonds is 6. The lowest BCUT2D eigenvalue weighted by Gasteiger charge is -2.00. The number of hydrogen-bond donors (Lipinski definition) is 3. The predicted molar refractivity (Wildman–Crippen MR) is 52.8 cm³/mol. The number of nitrogens with one attached hydrogen (secondary N) is 1. The number of aliphatic imine (C=N–C) groups is 1. The topological polar surface area (TPSA) is 77.2 Å². The molecule has 0 aliphatic rings. The molecule has 76 valence electrons. The molecule has 0 aromatic rings. The quantitative estimate of drug-likeness (QED) is 0.235. The molecule has 0 aromatic heterocycles. The first-order valence-corrected chi connectivity index (χ1v) is 4.24. The molecular formula is C8H17N3O2. The summed E-state index contributed by atoms with van der Waals surface area (Å²) in [6.45, 7) is 5.55. The van der Waals surface area contributed by atoms with E-state index in [9.17, 15) is 0 Å². The Morgan fingerprint density at radius 3 is 2.46 bits per heavy atom. The van der Waals surface area contributed by atoms with Crippen LogP contribution in [0.2, 0.25) is 0 Å². The van der Waals surface area contributed by atoms with Gasteiger partial charge >= 0.3 is 0 Å². The SMILES string of the molecule is CC(=NO)C(C)=NCCNCCO. The highest BCUT2D eigenvalue weighted by Gasteiger charge is 1.94. The third-order valence-corrected chi connectivity index (χ3v) is 1.60. The maximum Gasteiger partial charge on any atom is 0.0971 e. The second kappa shape index (κ2) is 7.70. The molecule has 0 rings (SSSR count). The number of oxime groups is 1. The van der Waals surface area contributed by atoms with E-state index in [0.29, 0.717) is 18.8 Å². The highest BCUT2D eigenvalue weighted by atomic mass is 16.4. The van der Waals surface area contributed by atoms with Crippen molar-refractivity contribution in [2.24, 2.45) is 10.1 Å². The number of aliphatic hydroxyl groups is 1. The molecule has 0 radical (unpaired) electrons. The van der Waals surface area contributed by atoms with E-state index >= 15 is 0 Å². The lowest BCUT2D eigenvalue weighted by atomic mass is 10.3. The minimum absolute atomic E-state index is 0.139. The summed E-state index contributed by atoms with van der Waals surface area (Å²) in [5.74, 6) is 0. The Hall–Kier alpha value is -0.940. The van der Waals surface area contributed by atoms with Gasteiger partial charge in [-0.25, -0.2) is 0 Å². The molecule has 0 spiro atoms. The molecule has 3 N–H and O–H groups in total. The molecule has 0 amide bonds. The van der Waals surface area contributed by atoms with Gasteiger partial charge in [0.1, 0.15) is 0 Å². The largest absolute Gasteiger partial charge is 0.411 e. The van der Waals surface area contributed by atoms with Gasteiger partial charge in [-0.05, 0) is 13.8 Å². The van der Waals surface area contributed by atoms with Gasteiger partial charge in [0.05, 0.1) is 24.6 Å². The zero-order valence-electron chi connectivity index (χ0n) is 8.12. The number of aliphatic hydroxyl groups excluding tert-OH is 1. The fraction of sp³-hybridized carbons (Fsp3) is 0.750. The summed E-state index contributed by atoms with van der Waals surface area (Å²) in [5.41, 5.74) is 1.26. The van der Waals surface area contributed by atoms with E-state index in [1.807, 2.05) is 0 Å². The second-order valence-electron chi connectivity index (χ2n) is 2.63. The zero-order valence-corrected chi connectivity index (χ0v) is 8.12. The van der Waals surface area contributed by atoms with Crippen molar-refractivity contribution in [3.8, 4) is 0 Å². The average Bonchev–Trinajstić information content (AvgIpc) is 2.16. The van der Waals surface area contributed by atoms with Gasteiger partial charge in [-0.2, -0.15) is 0 Å². The average molecular weight is 187 g/mol. The standard InChI is InChI=1S/C8H17N3O2/c1-7(8(2)11-13)10-4-3-9-5-6-12/h9,12-13H,3-6H2,1-2H3. The van der Waals surface area contributed by atoms with E-state index < -0.39 is 0 Å². The predicted octanol–water partition coefficient (Wildman–Crippen LogP) is -0.121. The summed E-state index contributed by atoms with van der Waals surface area (Å²) >= 11 is 0. The van der Waals surface area contributed by atoms with Crippen molar-refractivity contribution in [3.63, 3.8) is 0 Å². The van der Waals surface area contributed by atoms with Gasteiger partial charge < -0.3 is 15.6 Å². The van der Waals surface area contributed by atoms with Crippen molar-refractivity contribution >= 4 is 11.4 Å². The van der Waals surface area contributed by atoms with Crippen molar-refractivity contribution in [1.82, 2.24) is 5.32 Å². The zero-order chi connectivity index (χ0) is 10.1. The van der Waals surface area contributed by atoms with Gasteiger partial charge in [-0.3, -0.25) is 4.99 Å². The Labute approximate surface area is 78.2 Å². The van der Waals surface area contributed by atoms with Crippen LogP contribution in [0.3, 0.4) is 0 Å². The third kappa shape index (κ3) is 6.24. The molecule has 5 heteroatoms. The fourth-order valence-corrected chi connectivity index (χ4v) is 0.693. The molecule has 0 heterocycles. The van der Waals surface area contributed by atoms with E-state index in [4.69, 9.17) is 10.3 Å². The Bertz CT molecular complexity index is 190. The summed E-state index contributed by atoms with van der Waals surface area (Å²) in [7, 11) is 0. The molecule has 0 saturated heterocycles. The monoisotopic (exact) mass is 187 g/mol. The molecule has 13 heavy (non-hydrogen) atoms. The van der Waals surface area contributed by atoms with Crippen molar-refractivity contribution in [2.45, 2.75) is 13.8 Å². The Balaban J connectivity index is 3.60. The lowest BCUT2D eigenvalue weighted by Crippen LogP contribution is -2.22. The van der Waals surface area contributed by atoms with Crippen LogP contribution in [0.5, 0.6) is 0 Å². The molecule has 0 aliphatic heterocycles. The van der Waals surface area contributed by atoms with E-state index in [0.717, 1.165) is 12.3 Å². The summed E-state index contributed by atoms with van der Waals surface area (Å²) < 4.78 is 0. The molecule has 0 bridgehead atoms. The maximum absolute atomic E-state index is 8.45. The molecular weight excluding hydrogens is 170 g/mol. The Morgan fingerprint density at radius 2 is 1.92 bits per heavy atom. The van der Waals surface area contributed by atoms with Crippen LogP contribution in [0.25, 0.3) is 0 Å². The normalized spacial score (nSPS) is 13.5. The molecule has 5 nitrogen and oxygen atoms in total. The van der Waals surface area contributed by atoms with Crippen LogP contribution in [0, 0.1) is 0 Å². The van der Waals surface area contributed by atoms with Gasteiger partial charge in [-0.1, -0.05) is 5.16 Å².